The van der Waals surface area contributed by atoms with Crippen molar-refractivity contribution in [2.45, 2.75) is 56.3 Å². The van der Waals surface area contributed by atoms with E-state index < -0.39 is 0 Å². The Morgan fingerprint density at radius 2 is 1.95 bits per heavy atom. The standard InChI is InChI=1S/C17H25FN2S/c1-12-9-20(10-13(2)21-12)11-15-7-14(3-6-17(15)18)8-19-16-4-5-16/h3,6-7,12-13,16,19H,4-5,8-11H2,1-2H3. The highest BCUT2D eigenvalue weighted by atomic mass is 32.2. The van der Waals surface area contributed by atoms with Crippen molar-refractivity contribution in [1.82, 2.24) is 10.2 Å². The van der Waals surface area contributed by atoms with Gasteiger partial charge in [0.05, 0.1) is 0 Å². The summed E-state index contributed by atoms with van der Waals surface area (Å²) in [6.07, 6.45) is 2.57. The lowest BCUT2D eigenvalue weighted by Crippen LogP contribution is -2.39. The highest BCUT2D eigenvalue weighted by Crippen LogP contribution is 2.26. The van der Waals surface area contributed by atoms with E-state index in [0.717, 1.165) is 31.7 Å². The zero-order chi connectivity index (χ0) is 14.8. The van der Waals surface area contributed by atoms with Crippen molar-refractivity contribution in [3.8, 4) is 0 Å². The predicted octanol–water partition coefficient (Wildman–Crippen LogP) is 3.40. The molecule has 2 atom stereocenters. The van der Waals surface area contributed by atoms with E-state index >= 15 is 0 Å². The fraction of sp³-hybridized carbons (Fsp3) is 0.647. The van der Waals surface area contributed by atoms with Crippen LogP contribution in [0.4, 0.5) is 4.39 Å². The Morgan fingerprint density at radius 3 is 2.62 bits per heavy atom. The lowest BCUT2D eigenvalue weighted by atomic mass is 10.1. The highest BCUT2D eigenvalue weighted by molar-refractivity contribution is 8.00. The molecule has 1 aliphatic carbocycles. The van der Waals surface area contributed by atoms with Crippen molar-refractivity contribution in [3.05, 3.63) is 35.1 Å². The molecule has 0 bridgehead atoms. The van der Waals surface area contributed by atoms with Gasteiger partial charge < -0.3 is 5.32 Å². The second-order valence-corrected chi connectivity index (χ2v) is 8.41. The van der Waals surface area contributed by atoms with Crippen LogP contribution in [0.3, 0.4) is 0 Å². The Morgan fingerprint density at radius 1 is 1.24 bits per heavy atom. The van der Waals surface area contributed by atoms with Gasteiger partial charge in [0.15, 0.2) is 0 Å². The molecule has 1 saturated carbocycles. The molecule has 1 heterocycles. The van der Waals surface area contributed by atoms with Crippen LogP contribution in [-0.4, -0.2) is 34.5 Å². The average molecular weight is 308 g/mol. The maximum Gasteiger partial charge on any atom is 0.127 e. The van der Waals surface area contributed by atoms with Crippen molar-refractivity contribution in [3.63, 3.8) is 0 Å². The molecule has 1 aromatic carbocycles. The van der Waals surface area contributed by atoms with Crippen LogP contribution in [0.1, 0.15) is 37.8 Å². The van der Waals surface area contributed by atoms with E-state index in [-0.39, 0.29) is 5.82 Å². The SMILES string of the molecule is CC1CN(Cc2cc(CNC3CC3)ccc2F)CC(C)S1. The van der Waals surface area contributed by atoms with Gasteiger partial charge in [0, 0.05) is 48.3 Å². The minimum Gasteiger partial charge on any atom is -0.310 e. The summed E-state index contributed by atoms with van der Waals surface area (Å²) in [6.45, 7) is 8.23. The number of hydrogen-bond donors (Lipinski definition) is 1. The minimum atomic E-state index is -0.0660. The molecule has 0 amide bonds. The number of hydrogen-bond acceptors (Lipinski definition) is 3. The van der Waals surface area contributed by atoms with Gasteiger partial charge in [0.1, 0.15) is 5.82 Å². The first kappa shape index (κ1) is 15.3. The molecule has 0 aromatic heterocycles. The molecular formula is C17H25FN2S. The average Bonchev–Trinajstić information content (AvgIpc) is 3.22. The maximum atomic E-state index is 14.1. The number of nitrogens with one attached hydrogen (secondary N) is 1. The number of rotatable bonds is 5. The molecule has 2 nitrogen and oxygen atoms in total. The van der Waals surface area contributed by atoms with E-state index in [1.807, 2.05) is 23.9 Å². The van der Waals surface area contributed by atoms with E-state index in [0.29, 0.717) is 16.5 Å². The third-order valence-corrected chi connectivity index (χ3v) is 5.40. The minimum absolute atomic E-state index is 0.0660. The summed E-state index contributed by atoms with van der Waals surface area (Å²) < 4.78 is 14.1. The third kappa shape index (κ3) is 4.44. The maximum absolute atomic E-state index is 14.1. The largest absolute Gasteiger partial charge is 0.310 e. The molecular weight excluding hydrogens is 283 g/mol. The molecule has 0 radical (unpaired) electrons. The van der Waals surface area contributed by atoms with Gasteiger partial charge in [0.25, 0.3) is 0 Å². The Kier molecular flexibility index (Phi) is 4.87. The summed E-state index contributed by atoms with van der Waals surface area (Å²) in [5, 5.41) is 4.77. The van der Waals surface area contributed by atoms with E-state index in [2.05, 4.69) is 24.1 Å². The summed E-state index contributed by atoms with van der Waals surface area (Å²) in [6, 6.07) is 6.28. The van der Waals surface area contributed by atoms with Crippen LogP contribution in [0.25, 0.3) is 0 Å². The first-order valence-corrected chi connectivity index (χ1v) is 8.93. The molecule has 1 saturated heterocycles. The van der Waals surface area contributed by atoms with Crippen LogP contribution < -0.4 is 5.32 Å². The molecule has 1 aromatic rings. The van der Waals surface area contributed by atoms with Crippen LogP contribution in [0.2, 0.25) is 0 Å². The highest BCUT2D eigenvalue weighted by Gasteiger charge is 2.23. The second kappa shape index (κ2) is 6.67. The summed E-state index contributed by atoms with van der Waals surface area (Å²) >= 11 is 2.04. The number of thioether (sulfide) groups is 1. The summed E-state index contributed by atoms with van der Waals surface area (Å²) in [7, 11) is 0. The fourth-order valence-corrected chi connectivity index (χ4v) is 4.45. The Hall–Kier alpha value is -0.580. The Labute approximate surface area is 131 Å². The van der Waals surface area contributed by atoms with Gasteiger partial charge in [-0.05, 0) is 24.5 Å². The molecule has 4 heteroatoms. The zero-order valence-corrected chi connectivity index (χ0v) is 13.8. The van der Waals surface area contributed by atoms with Crippen molar-refractivity contribution in [1.29, 1.82) is 0 Å². The third-order valence-electron chi connectivity index (χ3n) is 4.17. The van der Waals surface area contributed by atoms with Gasteiger partial charge >= 0.3 is 0 Å². The topological polar surface area (TPSA) is 15.3 Å². The van der Waals surface area contributed by atoms with Gasteiger partial charge in [-0.15, -0.1) is 0 Å². The first-order valence-electron chi connectivity index (χ1n) is 7.98. The van der Waals surface area contributed by atoms with Gasteiger partial charge in [-0.2, -0.15) is 11.8 Å². The molecule has 2 fully saturated rings. The summed E-state index contributed by atoms with van der Waals surface area (Å²) in [5.74, 6) is -0.0660. The molecule has 3 rings (SSSR count). The second-order valence-electron chi connectivity index (χ2n) is 6.53. The number of benzene rings is 1. The van der Waals surface area contributed by atoms with Gasteiger partial charge in [-0.1, -0.05) is 26.0 Å². The number of halogens is 1. The molecule has 1 N–H and O–H groups in total. The lowest BCUT2D eigenvalue weighted by Gasteiger charge is -2.34. The quantitative estimate of drug-likeness (QED) is 0.897. The molecule has 0 spiro atoms. The Bertz CT molecular complexity index is 480. The van der Waals surface area contributed by atoms with Crippen molar-refractivity contribution >= 4 is 11.8 Å². The van der Waals surface area contributed by atoms with E-state index in [4.69, 9.17) is 0 Å². The molecule has 116 valence electrons. The predicted molar refractivity (Wildman–Crippen MR) is 88.1 cm³/mol. The fourth-order valence-electron chi connectivity index (χ4n) is 3.06. The van der Waals surface area contributed by atoms with Crippen LogP contribution in [0.5, 0.6) is 0 Å². The van der Waals surface area contributed by atoms with Crippen molar-refractivity contribution < 1.29 is 4.39 Å². The normalized spacial score (nSPS) is 27.0. The van der Waals surface area contributed by atoms with Crippen LogP contribution in [-0.2, 0) is 13.1 Å². The van der Waals surface area contributed by atoms with Gasteiger partial charge in [0.2, 0.25) is 0 Å². The van der Waals surface area contributed by atoms with Crippen LogP contribution in [0, 0.1) is 5.82 Å². The zero-order valence-electron chi connectivity index (χ0n) is 12.9. The van der Waals surface area contributed by atoms with E-state index in [9.17, 15) is 4.39 Å². The molecule has 2 aliphatic rings. The summed E-state index contributed by atoms with van der Waals surface area (Å²) in [5.41, 5.74) is 2.04. The summed E-state index contributed by atoms with van der Waals surface area (Å²) in [4.78, 5) is 2.39. The van der Waals surface area contributed by atoms with Crippen LogP contribution in [0.15, 0.2) is 18.2 Å². The first-order chi connectivity index (χ1) is 10.1. The Balaban J connectivity index is 1.63. The van der Waals surface area contributed by atoms with Crippen LogP contribution >= 0.6 is 11.8 Å². The van der Waals surface area contributed by atoms with E-state index in [1.165, 1.54) is 18.4 Å². The lowest BCUT2D eigenvalue weighted by molar-refractivity contribution is 0.259. The molecule has 1 aliphatic heterocycles. The number of nitrogens with zero attached hydrogens (tertiary/aromatic N) is 1. The van der Waals surface area contributed by atoms with Gasteiger partial charge in [-0.3, -0.25) is 4.90 Å². The smallest absolute Gasteiger partial charge is 0.127 e. The van der Waals surface area contributed by atoms with Crippen molar-refractivity contribution in [2.75, 3.05) is 13.1 Å². The van der Waals surface area contributed by atoms with Crippen molar-refractivity contribution in [2.24, 2.45) is 0 Å². The van der Waals surface area contributed by atoms with E-state index in [1.54, 1.807) is 6.07 Å². The molecule has 2 unspecified atom stereocenters. The monoisotopic (exact) mass is 308 g/mol. The molecule has 21 heavy (non-hydrogen) atoms. The van der Waals surface area contributed by atoms with Gasteiger partial charge in [-0.25, -0.2) is 4.39 Å².